The zero-order valence-electron chi connectivity index (χ0n) is 16.1. The van der Waals surface area contributed by atoms with Crippen molar-refractivity contribution in [3.8, 4) is 22.5 Å². The second-order valence-electron chi connectivity index (χ2n) is 7.39. The van der Waals surface area contributed by atoms with Gasteiger partial charge < -0.3 is 16.4 Å². The summed E-state index contributed by atoms with van der Waals surface area (Å²) in [4.78, 5) is 6.55. The number of hydrogen-bond donors (Lipinski definition) is 2. The van der Waals surface area contributed by atoms with Crippen molar-refractivity contribution in [1.82, 2.24) is 34.6 Å². The Balaban J connectivity index is 1.59. The van der Waals surface area contributed by atoms with Crippen LogP contribution in [-0.2, 0) is 7.05 Å². The number of fused-ring (bicyclic) bond motifs is 1. The summed E-state index contributed by atoms with van der Waals surface area (Å²) in [6, 6.07) is 5.98. The van der Waals surface area contributed by atoms with Crippen LogP contribution in [0.3, 0.4) is 0 Å². The third kappa shape index (κ3) is 3.17. The third-order valence-corrected chi connectivity index (χ3v) is 5.23. The van der Waals surface area contributed by atoms with Gasteiger partial charge in [-0.2, -0.15) is 9.61 Å². The van der Waals surface area contributed by atoms with Crippen LogP contribution in [0.25, 0.3) is 28.2 Å². The molecule has 0 radical (unpaired) electrons. The van der Waals surface area contributed by atoms with Crippen molar-refractivity contribution in [1.29, 1.82) is 0 Å². The van der Waals surface area contributed by atoms with Gasteiger partial charge in [-0.05, 0) is 31.0 Å². The molecule has 0 aliphatic carbocycles. The van der Waals surface area contributed by atoms with Crippen molar-refractivity contribution in [3.05, 3.63) is 36.8 Å². The minimum atomic E-state index is 0.164. The third-order valence-electron chi connectivity index (χ3n) is 5.23. The molecule has 0 aromatic carbocycles. The maximum atomic E-state index is 6.19. The van der Waals surface area contributed by atoms with Crippen LogP contribution in [0.1, 0.15) is 12.8 Å². The Kier molecular flexibility index (Phi) is 4.13. The predicted octanol–water partition coefficient (Wildman–Crippen LogP) is 1.10. The largest absolute Gasteiger partial charge is 0.383 e. The van der Waals surface area contributed by atoms with Gasteiger partial charge in [0.1, 0.15) is 11.6 Å². The normalized spacial score (nSPS) is 17.2. The van der Waals surface area contributed by atoms with Gasteiger partial charge in [-0.15, -0.1) is 15.3 Å². The summed E-state index contributed by atoms with van der Waals surface area (Å²) in [6.07, 6.45) is 7.54. The Hall–Kier alpha value is -3.53. The standard InChI is InChI=1S/C19H22N10/c1-27-10-13(9-23-27)12-7-15(18(21)22-8-12)19-25-24-16-4-5-17(26-29(16)19)28-6-2-3-14(20)11-28/h4-5,7-10,14H,2-3,6,11,20H2,1H3,(H2,21,22). The minimum absolute atomic E-state index is 0.164. The lowest BCUT2D eigenvalue weighted by Gasteiger charge is -2.31. The van der Waals surface area contributed by atoms with Crippen LogP contribution in [0.15, 0.2) is 36.8 Å². The van der Waals surface area contributed by atoms with E-state index in [-0.39, 0.29) is 6.04 Å². The number of piperidine rings is 1. The van der Waals surface area contributed by atoms with Gasteiger partial charge in [0.2, 0.25) is 0 Å². The summed E-state index contributed by atoms with van der Waals surface area (Å²) in [7, 11) is 1.87. The molecule has 1 aliphatic heterocycles. The average molecular weight is 390 g/mol. The van der Waals surface area contributed by atoms with Crippen LogP contribution in [0.4, 0.5) is 11.6 Å². The minimum Gasteiger partial charge on any atom is -0.383 e. The maximum absolute atomic E-state index is 6.19. The highest BCUT2D eigenvalue weighted by Gasteiger charge is 2.20. The highest BCUT2D eigenvalue weighted by Crippen LogP contribution is 2.29. The van der Waals surface area contributed by atoms with E-state index in [1.165, 1.54) is 0 Å². The number of nitrogens with zero attached hydrogens (tertiary/aromatic N) is 8. The van der Waals surface area contributed by atoms with E-state index in [1.54, 1.807) is 21.6 Å². The first-order valence-corrected chi connectivity index (χ1v) is 9.56. The summed E-state index contributed by atoms with van der Waals surface area (Å²) >= 11 is 0. The first kappa shape index (κ1) is 17.6. The lowest BCUT2D eigenvalue weighted by molar-refractivity contribution is 0.501. The molecule has 1 atom stereocenters. The number of hydrogen-bond acceptors (Lipinski definition) is 8. The second-order valence-corrected chi connectivity index (χ2v) is 7.39. The van der Waals surface area contributed by atoms with Crippen molar-refractivity contribution in [2.24, 2.45) is 12.8 Å². The Bertz CT molecular complexity index is 1180. The topological polar surface area (TPSA) is 129 Å². The SMILES string of the molecule is Cn1cc(-c2cnc(N)c(-c3nnc4ccc(N5CCCC(N)C5)nn34)c2)cn1. The van der Waals surface area contributed by atoms with Crippen molar-refractivity contribution in [3.63, 3.8) is 0 Å². The smallest absolute Gasteiger partial charge is 0.189 e. The van der Waals surface area contributed by atoms with Crippen molar-refractivity contribution >= 4 is 17.3 Å². The summed E-state index contributed by atoms with van der Waals surface area (Å²) in [5.41, 5.74) is 15.5. The first-order chi connectivity index (χ1) is 14.1. The molecule has 1 fully saturated rings. The zero-order valence-corrected chi connectivity index (χ0v) is 16.1. The molecule has 0 amide bonds. The van der Waals surface area contributed by atoms with Crippen LogP contribution in [-0.4, -0.2) is 53.7 Å². The number of aromatic nitrogens is 7. The summed E-state index contributed by atoms with van der Waals surface area (Å²) in [5.74, 6) is 1.78. The van der Waals surface area contributed by atoms with Gasteiger partial charge in [0.25, 0.3) is 0 Å². The fraction of sp³-hybridized carbons (Fsp3) is 0.316. The predicted molar refractivity (Wildman–Crippen MR) is 110 cm³/mol. The number of aryl methyl sites for hydroxylation is 1. The lowest BCUT2D eigenvalue weighted by Crippen LogP contribution is -2.43. The van der Waals surface area contributed by atoms with E-state index >= 15 is 0 Å². The summed E-state index contributed by atoms with van der Waals surface area (Å²) < 4.78 is 3.46. The molecular weight excluding hydrogens is 368 g/mol. The molecule has 1 aliphatic rings. The van der Waals surface area contributed by atoms with E-state index in [9.17, 15) is 0 Å². The van der Waals surface area contributed by atoms with Crippen LogP contribution in [0, 0.1) is 0 Å². The van der Waals surface area contributed by atoms with E-state index in [0.717, 1.165) is 42.9 Å². The number of nitrogen functional groups attached to an aromatic ring is 1. The quantitative estimate of drug-likeness (QED) is 0.532. The van der Waals surface area contributed by atoms with Gasteiger partial charge >= 0.3 is 0 Å². The van der Waals surface area contributed by atoms with E-state index in [0.29, 0.717) is 22.9 Å². The molecule has 148 valence electrons. The van der Waals surface area contributed by atoms with Crippen LogP contribution in [0.2, 0.25) is 0 Å². The molecule has 0 saturated carbocycles. The van der Waals surface area contributed by atoms with Gasteiger partial charge in [0.15, 0.2) is 11.5 Å². The molecule has 29 heavy (non-hydrogen) atoms. The molecule has 5 rings (SSSR count). The molecule has 5 heterocycles. The molecule has 10 heteroatoms. The highest BCUT2D eigenvalue weighted by atomic mass is 15.4. The number of pyridine rings is 1. The number of anilines is 2. The molecule has 0 spiro atoms. The Labute approximate surface area is 167 Å². The van der Waals surface area contributed by atoms with Crippen LogP contribution < -0.4 is 16.4 Å². The molecule has 4 aromatic rings. The van der Waals surface area contributed by atoms with E-state index < -0.39 is 0 Å². The van der Waals surface area contributed by atoms with Crippen molar-refractivity contribution in [2.45, 2.75) is 18.9 Å². The Morgan fingerprint density at radius 3 is 2.83 bits per heavy atom. The van der Waals surface area contributed by atoms with Crippen molar-refractivity contribution < 1.29 is 0 Å². The van der Waals surface area contributed by atoms with Gasteiger partial charge in [0, 0.05) is 49.7 Å². The van der Waals surface area contributed by atoms with Crippen LogP contribution in [0.5, 0.6) is 0 Å². The number of rotatable bonds is 3. The highest BCUT2D eigenvalue weighted by molar-refractivity contribution is 5.76. The molecule has 4 N–H and O–H groups in total. The van der Waals surface area contributed by atoms with E-state index in [1.807, 2.05) is 31.4 Å². The summed E-state index contributed by atoms with van der Waals surface area (Å²) in [6.45, 7) is 1.72. The number of nitrogens with two attached hydrogens (primary N) is 2. The van der Waals surface area contributed by atoms with Gasteiger partial charge in [-0.1, -0.05) is 0 Å². The Morgan fingerprint density at radius 2 is 2.03 bits per heavy atom. The maximum Gasteiger partial charge on any atom is 0.189 e. The summed E-state index contributed by atoms with van der Waals surface area (Å²) in [5, 5.41) is 17.6. The van der Waals surface area contributed by atoms with E-state index in [4.69, 9.17) is 16.6 Å². The molecule has 1 saturated heterocycles. The van der Waals surface area contributed by atoms with Gasteiger partial charge in [-0.3, -0.25) is 4.68 Å². The molecular formula is C19H22N10. The fourth-order valence-electron chi connectivity index (χ4n) is 3.72. The Morgan fingerprint density at radius 1 is 1.14 bits per heavy atom. The zero-order chi connectivity index (χ0) is 20.0. The van der Waals surface area contributed by atoms with Crippen molar-refractivity contribution in [2.75, 3.05) is 23.7 Å². The van der Waals surface area contributed by atoms with Crippen LogP contribution >= 0.6 is 0 Å². The fourth-order valence-corrected chi connectivity index (χ4v) is 3.72. The monoisotopic (exact) mass is 390 g/mol. The lowest BCUT2D eigenvalue weighted by atomic mass is 10.1. The van der Waals surface area contributed by atoms with E-state index in [2.05, 4.69) is 25.2 Å². The first-order valence-electron chi connectivity index (χ1n) is 9.56. The van der Waals surface area contributed by atoms with Gasteiger partial charge in [0.05, 0.1) is 11.8 Å². The van der Waals surface area contributed by atoms with Gasteiger partial charge in [-0.25, -0.2) is 4.98 Å². The molecule has 1 unspecified atom stereocenters. The molecule has 0 bridgehead atoms. The second kappa shape index (κ2) is 6.82. The molecule has 4 aromatic heterocycles. The molecule has 10 nitrogen and oxygen atoms in total. The average Bonchev–Trinajstić information content (AvgIpc) is 3.34.